The van der Waals surface area contributed by atoms with Crippen LogP contribution in [-0.2, 0) is 16.1 Å². The van der Waals surface area contributed by atoms with Gasteiger partial charge in [0, 0.05) is 44.2 Å². The van der Waals surface area contributed by atoms with Crippen molar-refractivity contribution in [2.24, 2.45) is 5.92 Å². The number of likely N-dealkylation sites (tertiary alicyclic amines) is 1. The monoisotopic (exact) mass is 392 g/mol. The molecule has 0 aromatic heterocycles. The Hall–Kier alpha value is -1.83. The zero-order valence-corrected chi connectivity index (χ0v) is 16.9. The smallest absolute Gasteiger partial charge is 0.303 e. The topological polar surface area (TPSA) is 71.5 Å². The SMILES string of the molecule is COc1cccc(CN2CC[C@H](N3CCOCC3)[C@H](CCC(=O)O)C2)c1OC. The number of methoxy groups -OCH3 is 2. The van der Waals surface area contributed by atoms with Gasteiger partial charge >= 0.3 is 5.97 Å². The average Bonchev–Trinajstić information content (AvgIpc) is 2.72. The van der Waals surface area contributed by atoms with Crippen LogP contribution in [0.4, 0.5) is 0 Å². The third-order valence-electron chi connectivity index (χ3n) is 5.90. The average molecular weight is 392 g/mol. The Morgan fingerprint density at radius 3 is 2.68 bits per heavy atom. The van der Waals surface area contributed by atoms with Crippen molar-refractivity contribution in [3.05, 3.63) is 23.8 Å². The fourth-order valence-electron chi connectivity index (χ4n) is 4.54. The summed E-state index contributed by atoms with van der Waals surface area (Å²) >= 11 is 0. The number of carbonyl (C=O) groups is 1. The van der Waals surface area contributed by atoms with Crippen LogP contribution in [0.15, 0.2) is 18.2 Å². The number of aliphatic carboxylic acids is 1. The second kappa shape index (κ2) is 10.1. The Morgan fingerprint density at radius 1 is 1.21 bits per heavy atom. The summed E-state index contributed by atoms with van der Waals surface area (Å²) in [7, 11) is 3.32. The number of rotatable bonds is 8. The lowest BCUT2D eigenvalue weighted by Gasteiger charge is -2.45. The number of benzene rings is 1. The van der Waals surface area contributed by atoms with E-state index < -0.39 is 5.97 Å². The molecule has 2 aliphatic rings. The molecule has 0 amide bonds. The molecule has 1 N–H and O–H groups in total. The van der Waals surface area contributed by atoms with Gasteiger partial charge in [0.05, 0.1) is 27.4 Å². The van der Waals surface area contributed by atoms with E-state index in [-0.39, 0.29) is 6.42 Å². The van der Waals surface area contributed by atoms with Crippen LogP contribution in [0, 0.1) is 5.92 Å². The van der Waals surface area contributed by atoms with Crippen molar-refractivity contribution in [2.75, 3.05) is 53.6 Å². The molecular formula is C21H32N2O5. The van der Waals surface area contributed by atoms with Gasteiger partial charge in [-0.2, -0.15) is 0 Å². The van der Waals surface area contributed by atoms with Gasteiger partial charge in [-0.3, -0.25) is 14.6 Å². The van der Waals surface area contributed by atoms with E-state index in [0.717, 1.165) is 69.4 Å². The lowest BCUT2D eigenvalue weighted by atomic mass is 9.86. The quantitative estimate of drug-likeness (QED) is 0.726. The molecule has 2 atom stereocenters. The van der Waals surface area contributed by atoms with E-state index in [2.05, 4.69) is 15.9 Å². The van der Waals surface area contributed by atoms with Gasteiger partial charge in [0.1, 0.15) is 0 Å². The molecule has 0 saturated carbocycles. The van der Waals surface area contributed by atoms with Crippen LogP contribution < -0.4 is 9.47 Å². The molecule has 0 unspecified atom stereocenters. The zero-order valence-electron chi connectivity index (χ0n) is 16.9. The molecule has 3 rings (SSSR count). The van der Waals surface area contributed by atoms with Crippen LogP contribution in [0.3, 0.4) is 0 Å². The summed E-state index contributed by atoms with van der Waals surface area (Å²) in [6.45, 7) is 6.09. The van der Waals surface area contributed by atoms with Crippen LogP contribution in [0.5, 0.6) is 11.5 Å². The van der Waals surface area contributed by atoms with Gasteiger partial charge < -0.3 is 19.3 Å². The number of hydrogen-bond donors (Lipinski definition) is 1. The van der Waals surface area contributed by atoms with Crippen LogP contribution in [0.25, 0.3) is 0 Å². The number of ether oxygens (including phenoxy) is 3. The minimum Gasteiger partial charge on any atom is -0.493 e. The third kappa shape index (κ3) is 5.16. The standard InChI is InChI=1S/C21H32N2O5/c1-26-19-5-3-4-17(21(19)27-2)15-22-9-8-18(23-10-12-28-13-11-23)16(14-22)6-7-20(24)25/h3-5,16,18H,6-15H2,1-2H3,(H,24,25)/t16-,18+/m1/s1. The van der Waals surface area contributed by atoms with Gasteiger partial charge in [-0.05, 0) is 31.4 Å². The number of para-hydroxylation sites is 1. The molecule has 7 heteroatoms. The first kappa shape index (κ1) is 20.9. The molecule has 0 bridgehead atoms. The summed E-state index contributed by atoms with van der Waals surface area (Å²) in [5, 5.41) is 9.19. The fraction of sp³-hybridized carbons (Fsp3) is 0.667. The number of carboxylic acid groups (broad SMARTS) is 1. The molecule has 2 saturated heterocycles. The van der Waals surface area contributed by atoms with Crippen molar-refractivity contribution in [2.45, 2.75) is 31.8 Å². The van der Waals surface area contributed by atoms with Gasteiger partial charge in [0.15, 0.2) is 11.5 Å². The highest BCUT2D eigenvalue weighted by Crippen LogP contribution is 2.33. The van der Waals surface area contributed by atoms with E-state index in [1.807, 2.05) is 12.1 Å². The Balaban J connectivity index is 1.70. The fourth-order valence-corrected chi connectivity index (χ4v) is 4.54. The summed E-state index contributed by atoms with van der Waals surface area (Å²) in [6, 6.07) is 6.40. The summed E-state index contributed by atoms with van der Waals surface area (Å²) in [6.07, 6.45) is 1.99. The first-order chi connectivity index (χ1) is 13.6. The van der Waals surface area contributed by atoms with Crippen molar-refractivity contribution < 1.29 is 24.1 Å². The number of carboxylic acids is 1. The van der Waals surface area contributed by atoms with E-state index in [1.54, 1.807) is 14.2 Å². The van der Waals surface area contributed by atoms with Crippen molar-refractivity contribution in [3.63, 3.8) is 0 Å². The highest BCUT2D eigenvalue weighted by molar-refractivity contribution is 5.66. The lowest BCUT2D eigenvalue weighted by molar-refractivity contribution is -0.137. The predicted molar refractivity (Wildman–Crippen MR) is 106 cm³/mol. The second-order valence-corrected chi connectivity index (χ2v) is 7.58. The molecule has 1 aromatic carbocycles. The van der Waals surface area contributed by atoms with Crippen LogP contribution in [0.1, 0.15) is 24.8 Å². The maximum Gasteiger partial charge on any atom is 0.303 e. The van der Waals surface area contributed by atoms with Gasteiger partial charge in [0.25, 0.3) is 0 Å². The molecule has 2 heterocycles. The van der Waals surface area contributed by atoms with Crippen molar-refractivity contribution >= 4 is 5.97 Å². The van der Waals surface area contributed by atoms with Crippen molar-refractivity contribution in [3.8, 4) is 11.5 Å². The first-order valence-corrected chi connectivity index (χ1v) is 10.1. The molecule has 7 nitrogen and oxygen atoms in total. The number of morpholine rings is 1. The molecule has 156 valence electrons. The zero-order chi connectivity index (χ0) is 19.9. The van der Waals surface area contributed by atoms with E-state index in [1.165, 1.54) is 0 Å². The van der Waals surface area contributed by atoms with E-state index >= 15 is 0 Å². The lowest BCUT2D eigenvalue weighted by Crippen LogP contribution is -2.53. The molecule has 0 aliphatic carbocycles. The Labute approximate surface area is 167 Å². The Morgan fingerprint density at radius 2 is 2.00 bits per heavy atom. The van der Waals surface area contributed by atoms with E-state index in [9.17, 15) is 9.90 Å². The van der Waals surface area contributed by atoms with Gasteiger partial charge in [-0.1, -0.05) is 12.1 Å². The van der Waals surface area contributed by atoms with Gasteiger partial charge in [-0.15, -0.1) is 0 Å². The molecule has 0 spiro atoms. The van der Waals surface area contributed by atoms with E-state index in [4.69, 9.17) is 14.2 Å². The normalized spacial score (nSPS) is 24.1. The maximum absolute atomic E-state index is 11.2. The van der Waals surface area contributed by atoms with Gasteiger partial charge in [0.2, 0.25) is 0 Å². The predicted octanol–water partition coefficient (Wildman–Crippen LogP) is 2.09. The van der Waals surface area contributed by atoms with Crippen LogP contribution >= 0.6 is 0 Å². The Bertz CT molecular complexity index is 648. The summed E-state index contributed by atoms with van der Waals surface area (Å²) < 4.78 is 16.5. The Kier molecular flexibility index (Phi) is 7.53. The minimum atomic E-state index is -0.715. The van der Waals surface area contributed by atoms with Crippen molar-refractivity contribution in [1.29, 1.82) is 0 Å². The van der Waals surface area contributed by atoms with Gasteiger partial charge in [-0.25, -0.2) is 0 Å². The molecule has 2 aliphatic heterocycles. The number of hydrogen-bond acceptors (Lipinski definition) is 6. The van der Waals surface area contributed by atoms with Crippen molar-refractivity contribution in [1.82, 2.24) is 9.80 Å². The number of piperidine rings is 1. The molecule has 2 fully saturated rings. The molecule has 1 aromatic rings. The second-order valence-electron chi connectivity index (χ2n) is 7.58. The molecule has 0 radical (unpaired) electrons. The summed E-state index contributed by atoms with van der Waals surface area (Å²) in [5.41, 5.74) is 1.10. The minimum absolute atomic E-state index is 0.224. The third-order valence-corrected chi connectivity index (χ3v) is 5.90. The largest absolute Gasteiger partial charge is 0.493 e. The molecule has 28 heavy (non-hydrogen) atoms. The summed E-state index contributed by atoms with van der Waals surface area (Å²) in [5.74, 6) is 1.15. The van der Waals surface area contributed by atoms with E-state index in [0.29, 0.717) is 18.4 Å². The maximum atomic E-state index is 11.2. The highest BCUT2D eigenvalue weighted by Gasteiger charge is 2.34. The summed E-state index contributed by atoms with van der Waals surface area (Å²) in [4.78, 5) is 16.1. The first-order valence-electron chi connectivity index (χ1n) is 10.1. The molecular weight excluding hydrogens is 360 g/mol. The number of nitrogens with zero attached hydrogens (tertiary/aromatic N) is 2. The van der Waals surface area contributed by atoms with Crippen LogP contribution in [0.2, 0.25) is 0 Å². The van der Waals surface area contributed by atoms with Crippen LogP contribution in [-0.4, -0.2) is 80.5 Å². The highest BCUT2D eigenvalue weighted by atomic mass is 16.5.